The van der Waals surface area contributed by atoms with E-state index in [1.807, 2.05) is 7.11 Å². The van der Waals surface area contributed by atoms with Crippen LogP contribution in [0.4, 0.5) is 0 Å². The van der Waals surface area contributed by atoms with Gasteiger partial charge in [-0.25, -0.2) is 0 Å². The number of piperidine rings is 1. The Labute approximate surface area is 146 Å². The third kappa shape index (κ3) is 4.12. The lowest BCUT2D eigenvalue weighted by Gasteiger charge is -2.48. The Morgan fingerprint density at radius 1 is 1.08 bits per heavy atom. The van der Waals surface area contributed by atoms with E-state index in [4.69, 9.17) is 9.47 Å². The lowest BCUT2D eigenvalue weighted by molar-refractivity contribution is -0.146. The van der Waals surface area contributed by atoms with Crippen molar-refractivity contribution in [2.24, 2.45) is 11.8 Å². The summed E-state index contributed by atoms with van der Waals surface area (Å²) in [5.74, 6) is 0.683. The second-order valence-electron chi connectivity index (χ2n) is 8.10. The Kier molecular flexibility index (Phi) is 6.17. The molecule has 2 saturated carbocycles. The highest BCUT2D eigenvalue weighted by atomic mass is 16.5. The minimum atomic E-state index is -0.0323. The van der Waals surface area contributed by atoms with E-state index in [9.17, 15) is 4.79 Å². The summed E-state index contributed by atoms with van der Waals surface area (Å²) >= 11 is 0. The number of carbonyl (C=O) groups is 1. The van der Waals surface area contributed by atoms with Crippen LogP contribution in [-0.2, 0) is 14.3 Å². The summed E-state index contributed by atoms with van der Waals surface area (Å²) in [6.07, 6.45) is 9.28. The second-order valence-corrected chi connectivity index (χ2v) is 8.10. The molecule has 0 aromatic rings. The Hall–Kier alpha value is -0.650. The van der Waals surface area contributed by atoms with Gasteiger partial charge in [-0.15, -0.1) is 0 Å². The number of fused-ring (bicyclic) bond motifs is 1. The van der Waals surface area contributed by atoms with E-state index < -0.39 is 0 Å². The number of carbonyl (C=O) groups excluding carboxylic acids is 1. The van der Waals surface area contributed by atoms with Crippen LogP contribution in [0, 0.1) is 11.8 Å². The van der Waals surface area contributed by atoms with Gasteiger partial charge < -0.3 is 20.1 Å². The fourth-order valence-electron chi connectivity index (χ4n) is 5.24. The van der Waals surface area contributed by atoms with Crippen molar-refractivity contribution in [3.8, 4) is 0 Å². The zero-order valence-electron chi connectivity index (χ0n) is 15.4. The minimum Gasteiger partial charge on any atom is -0.469 e. The van der Waals surface area contributed by atoms with E-state index in [-0.39, 0.29) is 11.9 Å². The van der Waals surface area contributed by atoms with Crippen LogP contribution in [0.2, 0.25) is 0 Å². The lowest BCUT2D eigenvalue weighted by Crippen LogP contribution is -2.61. The van der Waals surface area contributed by atoms with Gasteiger partial charge in [-0.1, -0.05) is 6.42 Å². The van der Waals surface area contributed by atoms with Gasteiger partial charge in [-0.05, 0) is 57.8 Å². The summed E-state index contributed by atoms with van der Waals surface area (Å²) in [4.78, 5) is 11.9. The zero-order valence-corrected chi connectivity index (χ0v) is 15.4. The predicted molar refractivity (Wildman–Crippen MR) is 93.8 cm³/mol. The topological polar surface area (TPSA) is 59.6 Å². The number of esters is 1. The summed E-state index contributed by atoms with van der Waals surface area (Å²) in [7, 11) is 3.35. The molecule has 0 spiro atoms. The van der Waals surface area contributed by atoms with E-state index in [1.54, 1.807) is 0 Å². The summed E-state index contributed by atoms with van der Waals surface area (Å²) in [6, 6.07) is 2.15. The Bertz CT molecular complexity index is 431. The van der Waals surface area contributed by atoms with Crippen molar-refractivity contribution in [1.29, 1.82) is 0 Å². The molecule has 1 heterocycles. The van der Waals surface area contributed by atoms with Gasteiger partial charge in [0.25, 0.3) is 0 Å². The molecule has 1 saturated heterocycles. The first-order valence-corrected chi connectivity index (χ1v) is 9.73. The molecule has 0 amide bonds. The molecule has 7 unspecified atom stereocenters. The maximum absolute atomic E-state index is 11.9. The van der Waals surface area contributed by atoms with Crippen LogP contribution in [0.1, 0.15) is 58.3 Å². The summed E-state index contributed by atoms with van der Waals surface area (Å²) in [5.41, 5.74) is 0. The molecule has 3 rings (SSSR count). The summed E-state index contributed by atoms with van der Waals surface area (Å²) in [5, 5.41) is 7.73. The fourth-order valence-corrected chi connectivity index (χ4v) is 5.24. The van der Waals surface area contributed by atoms with Crippen LogP contribution >= 0.6 is 0 Å². The van der Waals surface area contributed by atoms with Gasteiger partial charge in [-0.2, -0.15) is 0 Å². The van der Waals surface area contributed by atoms with Crippen molar-refractivity contribution < 1.29 is 14.3 Å². The molecule has 5 nitrogen and oxygen atoms in total. The SMILES string of the molecule is COC(=O)C1CCCC(NC2CC(C)NC3CCC(OC)CC32)C1. The van der Waals surface area contributed by atoms with Gasteiger partial charge in [-0.3, -0.25) is 4.79 Å². The number of ether oxygens (including phenoxy) is 2. The third-order valence-corrected chi connectivity index (χ3v) is 6.47. The van der Waals surface area contributed by atoms with Crippen molar-refractivity contribution in [3.63, 3.8) is 0 Å². The molecule has 1 aliphatic heterocycles. The highest BCUT2D eigenvalue weighted by Crippen LogP contribution is 2.35. The average Bonchev–Trinajstić information content (AvgIpc) is 2.61. The highest BCUT2D eigenvalue weighted by Gasteiger charge is 2.41. The maximum Gasteiger partial charge on any atom is 0.308 e. The largest absolute Gasteiger partial charge is 0.469 e. The maximum atomic E-state index is 11.9. The first-order valence-electron chi connectivity index (χ1n) is 9.73. The van der Waals surface area contributed by atoms with Crippen LogP contribution in [0.5, 0.6) is 0 Å². The molecule has 3 fully saturated rings. The molecule has 5 heteroatoms. The van der Waals surface area contributed by atoms with E-state index in [2.05, 4.69) is 17.6 Å². The molecule has 0 radical (unpaired) electrons. The van der Waals surface area contributed by atoms with Crippen molar-refractivity contribution in [3.05, 3.63) is 0 Å². The molecule has 0 aromatic heterocycles. The number of hydrogen-bond acceptors (Lipinski definition) is 5. The van der Waals surface area contributed by atoms with E-state index in [0.29, 0.717) is 36.2 Å². The second kappa shape index (κ2) is 8.15. The van der Waals surface area contributed by atoms with E-state index in [0.717, 1.165) is 38.5 Å². The molecular formula is C19H34N2O3. The minimum absolute atomic E-state index is 0.0323. The summed E-state index contributed by atoms with van der Waals surface area (Å²) in [6.45, 7) is 2.30. The normalized spacial score (nSPS) is 43.0. The number of methoxy groups -OCH3 is 2. The lowest BCUT2D eigenvalue weighted by atomic mass is 9.73. The van der Waals surface area contributed by atoms with Crippen molar-refractivity contribution >= 4 is 5.97 Å². The van der Waals surface area contributed by atoms with Gasteiger partial charge in [0, 0.05) is 31.3 Å². The molecule has 2 N–H and O–H groups in total. The molecular weight excluding hydrogens is 304 g/mol. The number of nitrogens with one attached hydrogen (secondary N) is 2. The molecule has 7 atom stereocenters. The molecule has 24 heavy (non-hydrogen) atoms. The zero-order chi connectivity index (χ0) is 17.1. The van der Waals surface area contributed by atoms with Crippen LogP contribution in [-0.4, -0.2) is 50.5 Å². The van der Waals surface area contributed by atoms with Gasteiger partial charge in [0.1, 0.15) is 0 Å². The van der Waals surface area contributed by atoms with Crippen molar-refractivity contribution in [2.45, 2.75) is 88.6 Å². The smallest absolute Gasteiger partial charge is 0.308 e. The van der Waals surface area contributed by atoms with E-state index >= 15 is 0 Å². The van der Waals surface area contributed by atoms with Crippen LogP contribution in [0.15, 0.2) is 0 Å². The third-order valence-electron chi connectivity index (χ3n) is 6.47. The van der Waals surface area contributed by atoms with Crippen molar-refractivity contribution in [2.75, 3.05) is 14.2 Å². The summed E-state index contributed by atoms with van der Waals surface area (Å²) < 4.78 is 10.6. The molecule has 138 valence electrons. The van der Waals surface area contributed by atoms with Crippen LogP contribution in [0.25, 0.3) is 0 Å². The molecule has 0 aromatic carbocycles. The van der Waals surface area contributed by atoms with Gasteiger partial charge in [0.2, 0.25) is 0 Å². The van der Waals surface area contributed by atoms with Gasteiger partial charge in [0.15, 0.2) is 0 Å². The quantitative estimate of drug-likeness (QED) is 0.770. The standard InChI is InChI=1S/C19H34N2O3/c1-12-9-18(16-11-15(23-2)7-8-17(16)20-12)21-14-6-4-5-13(10-14)19(22)24-3/h12-18,20-21H,4-11H2,1-3H3. The van der Waals surface area contributed by atoms with Crippen LogP contribution in [0.3, 0.4) is 0 Å². The van der Waals surface area contributed by atoms with Gasteiger partial charge in [0.05, 0.1) is 19.1 Å². The first-order chi connectivity index (χ1) is 11.6. The number of hydrogen-bond donors (Lipinski definition) is 2. The van der Waals surface area contributed by atoms with Gasteiger partial charge >= 0.3 is 5.97 Å². The Balaban J connectivity index is 1.62. The van der Waals surface area contributed by atoms with Crippen molar-refractivity contribution in [1.82, 2.24) is 10.6 Å². The average molecular weight is 338 g/mol. The Morgan fingerprint density at radius 3 is 2.67 bits per heavy atom. The molecule has 0 bridgehead atoms. The Morgan fingerprint density at radius 2 is 1.92 bits per heavy atom. The number of rotatable bonds is 4. The molecule has 3 aliphatic rings. The predicted octanol–water partition coefficient (Wildman–Crippen LogP) is 2.24. The fraction of sp³-hybridized carbons (Fsp3) is 0.947. The first kappa shape index (κ1) is 18.2. The highest BCUT2D eigenvalue weighted by molar-refractivity contribution is 5.72. The monoisotopic (exact) mass is 338 g/mol. The van der Waals surface area contributed by atoms with Crippen LogP contribution < -0.4 is 10.6 Å². The molecule has 2 aliphatic carbocycles. The van der Waals surface area contributed by atoms with E-state index in [1.165, 1.54) is 20.0 Å².